The summed E-state index contributed by atoms with van der Waals surface area (Å²) in [4.78, 5) is 4.70. The zero-order valence-corrected chi connectivity index (χ0v) is 60.8. The summed E-state index contributed by atoms with van der Waals surface area (Å²) in [5, 5.41) is 3.11. The third kappa shape index (κ3) is 9.08. The second-order valence-corrected chi connectivity index (χ2v) is 32.0. The van der Waals surface area contributed by atoms with Crippen LogP contribution in [-0.2, 0) is 53.2 Å². The molecule has 16 heteroatoms. The van der Waals surface area contributed by atoms with Crippen LogP contribution in [0.3, 0.4) is 0 Å². The second kappa shape index (κ2) is 23.2. The van der Waals surface area contributed by atoms with Crippen LogP contribution in [-0.4, -0.2) is 36.1 Å². The third-order valence-corrected chi connectivity index (χ3v) is 25.2. The van der Waals surface area contributed by atoms with Crippen molar-refractivity contribution in [1.29, 1.82) is 0 Å². The van der Waals surface area contributed by atoms with Crippen molar-refractivity contribution in [2.75, 3.05) is 0 Å². The van der Waals surface area contributed by atoms with Crippen LogP contribution in [0.2, 0.25) is 13.1 Å². The maximum Gasteiger partial charge on any atom is 0.299 e. The molecule has 9 aliphatic heterocycles. The predicted molar refractivity (Wildman–Crippen MR) is 391 cm³/mol. The van der Waals surface area contributed by atoms with Crippen LogP contribution in [0.25, 0.3) is 85.0 Å². The summed E-state index contributed by atoms with van der Waals surface area (Å²) < 4.78 is 45.3. The van der Waals surface area contributed by atoms with E-state index in [2.05, 4.69) is 253 Å². The maximum atomic E-state index is 6.22. The molecule has 1 radical (unpaired) electrons. The number of hydrogen-bond donors (Lipinski definition) is 0. The van der Waals surface area contributed by atoms with E-state index in [1.54, 1.807) is 10.4 Å². The Morgan fingerprint density at radius 2 is 0.961 bits per heavy atom. The summed E-state index contributed by atoms with van der Waals surface area (Å²) in [6.45, 7) is 16.3. The van der Waals surface area contributed by atoms with Gasteiger partial charge < -0.3 is 23.5 Å². The van der Waals surface area contributed by atoms with Gasteiger partial charge >= 0.3 is 0 Å². The minimum Gasteiger partial charge on any atom is -0.500 e. The van der Waals surface area contributed by atoms with E-state index in [0.29, 0.717) is 0 Å². The molecule has 0 unspecified atom stereocenters. The fraction of sp³-hybridized carbons (Fsp3) is 0.128. The van der Waals surface area contributed by atoms with Crippen LogP contribution in [0.5, 0.6) is 46.0 Å². The first kappa shape index (κ1) is 61.4. The molecule has 24 rings (SSSR count). The molecule has 102 heavy (non-hydrogen) atoms. The van der Waals surface area contributed by atoms with Crippen LogP contribution in [0.4, 0.5) is 0 Å². The predicted octanol–water partition coefficient (Wildman–Crippen LogP) is 15.4. The minimum absolute atomic E-state index is 0. The Morgan fingerprint density at radius 1 is 0.441 bits per heavy atom. The van der Waals surface area contributed by atoms with Gasteiger partial charge in [0.1, 0.15) is 77.8 Å². The van der Waals surface area contributed by atoms with Crippen LogP contribution < -0.4 is 47.8 Å². The average molecular weight is 1530 g/mol. The van der Waals surface area contributed by atoms with Crippen LogP contribution in [0.1, 0.15) is 50.9 Å². The Hall–Kier alpha value is -11.7. The van der Waals surface area contributed by atoms with E-state index in [1.165, 1.54) is 90.6 Å². The first-order valence-corrected chi connectivity index (χ1v) is 37.6. The molecule has 0 N–H and O–H groups in total. The Labute approximate surface area is 605 Å². The summed E-state index contributed by atoms with van der Waals surface area (Å²) in [5.74, 6) is 10.7. The number of benzene rings is 10. The molecule has 9 aliphatic rings. The molecule has 0 amide bonds. The molecule has 0 spiro atoms. The van der Waals surface area contributed by atoms with Crippen molar-refractivity contribution in [3.8, 4) is 131 Å². The zero-order valence-electron chi connectivity index (χ0n) is 57.4. The number of aryl methyl sites for hydroxylation is 2. The summed E-state index contributed by atoms with van der Waals surface area (Å²) in [6.07, 6.45) is 7.52. The first-order valence-electron chi connectivity index (χ1n) is 34.6. The van der Waals surface area contributed by atoms with Crippen molar-refractivity contribution in [2.24, 2.45) is 7.05 Å². The minimum atomic E-state index is -1.68. The molecule has 0 atom stereocenters. The number of ether oxygens (including phenoxy) is 4. The van der Waals surface area contributed by atoms with Crippen LogP contribution in [0, 0.1) is 33.8 Å². The number of fused-ring (bicyclic) bond motifs is 13. The SMILES string of the molecule is C[Si]1(C)c2ccccc2-c2cc[n+]3n2-c2c(cccc21)C3.C[n+]1cc2n3c1Cc1cccc(c1-3)Oc1ccccc1-2.Cc1c(C)[n+]2c3n1-c1ccccc1Oc1cccc(c1-3)C2.Cc1nc2n(c1C)-c1ccccc1Oc1ccc[c-]c1-2.[Ir].c1ccc2c(c1)Oc1cccc3c1-n1c-2cc[n+]1C3. The van der Waals surface area contributed by atoms with Gasteiger partial charge in [-0.25, -0.2) is 9.13 Å². The fourth-order valence-electron chi connectivity index (χ4n) is 16.7. The van der Waals surface area contributed by atoms with E-state index >= 15 is 0 Å². The summed E-state index contributed by atoms with van der Waals surface area (Å²) >= 11 is 0. The summed E-state index contributed by atoms with van der Waals surface area (Å²) in [6, 6.07) is 81.0. The largest absolute Gasteiger partial charge is 0.500 e. The Kier molecular flexibility index (Phi) is 14.0. The van der Waals surface area contributed by atoms with Crippen molar-refractivity contribution < 1.29 is 57.6 Å². The topological polar surface area (TPSA) is 90.0 Å². The molecule has 15 aromatic rings. The second-order valence-electron chi connectivity index (χ2n) is 27.7. The van der Waals surface area contributed by atoms with Gasteiger partial charge in [0.15, 0.2) is 65.5 Å². The number of nitrogens with zero attached hydrogens (tertiary/aromatic N) is 10. The van der Waals surface area contributed by atoms with Crippen molar-refractivity contribution in [3.63, 3.8) is 0 Å². The van der Waals surface area contributed by atoms with Crippen molar-refractivity contribution in [2.45, 2.75) is 66.8 Å². The smallest absolute Gasteiger partial charge is 0.299 e. The maximum absolute atomic E-state index is 6.22. The summed E-state index contributed by atoms with van der Waals surface area (Å²) in [5.41, 5.74) is 25.8. The number of hydrogen-bond acceptors (Lipinski definition) is 5. The van der Waals surface area contributed by atoms with Crippen molar-refractivity contribution in [3.05, 3.63) is 300 Å². The van der Waals surface area contributed by atoms with Crippen molar-refractivity contribution >= 4 is 18.4 Å². The third-order valence-electron chi connectivity index (χ3n) is 21.7. The van der Waals surface area contributed by atoms with E-state index in [4.69, 9.17) is 23.9 Å². The molecule has 10 aromatic carbocycles. The molecule has 14 nitrogen and oxygen atoms in total. The zero-order chi connectivity index (χ0) is 67.7. The monoisotopic (exact) mass is 1530 g/mol. The molecule has 14 heterocycles. The Balaban J connectivity index is 0.0000000881. The molecule has 0 saturated carbocycles. The Morgan fingerprint density at radius 3 is 1.68 bits per heavy atom. The van der Waals surface area contributed by atoms with Crippen LogP contribution in [0.15, 0.2) is 243 Å². The molecule has 0 aliphatic carbocycles. The first-order chi connectivity index (χ1) is 49.4. The number of para-hydroxylation sites is 9. The van der Waals surface area contributed by atoms with Gasteiger partial charge in [-0.15, -0.1) is 43.0 Å². The molecular formula is C86H69IrN10O4Si+3. The average Bonchev–Trinajstić information content (AvgIpc) is 1.57. The van der Waals surface area contributed by atoms with Gasteiger partial charge in [-0.3, -0.25) is 4.98 Å². The number of imidazole rings is 3. The van der Waals surface area contributed by atoms with Crippen molar-refractivity contribution in [1.82, 2.24) is 28.0 Å². The number of rotatable bonds is 0. The van der Waals surface area contributed by atoms with E-state index in [1.807, 2.05) is 85.8 Å². The quantitative estimate of drug-likeness (QED) is 0.0857. The van der Waals surface area contributed by atoms with Gasteiger partial charge in [-0.05, 0) is 97.0 Å². The molecular weight excluding hydrogens is 1460 g/mol. The molecule has 0 saturated heterocycles. The van der Waals surface area contributed by atoms with E-state index in [0.717, 1.165) is 117 Å². The van der Waals surface area contributed by atoms with E-state index < -0.39 is 8.07 Å². The Bertz CT molecular complexity index is 6020. The van der Waals surface area contributed by atoms with Gasteiger partial charge in [-0.1, -0.05) is 140 Å². The van der Waals surface area contributed by atoms with E-state index in [-0.39, 0.29) is 20.1 Å². The van der Waals surface area contributed by atoms with Gasteiger partial charge in [-0.2, -0.15) is 9.13 Å². The summed E-state index contributed by atoms with van der Waals surface area (Å²) in [7, 11) is 0.441. The molecule has 0 fully saturated rings. The molecule has 497 valence electrons. The fourth-order valence-corrected chi connectivity index (χ4v) is 19.8. The van der Waals surface area contributed by atoms with Gasteiger partial charge in [0.25, 0.3) is 11.6 Å². The van der Waals surface area contributed by atoms with Gasteiger partial charge in [0, 0.05) is 91.0 Å². The van der Waals surface area contributed by atoms with Gasteiger partial charge in [0.2, 0.25) is 0 Å². The van der Waals surface area contributed by atoms with Crippen LogP contribution >= 0.6 is 0 Å². The van der Waals surface area contributed by atoms with Gasteiger partial charge in [0.05, 0.1) is 36.1 Å². The normalized spacial score (nSPS) is 13.6. The molecule has 0 bridgehead atoms. The molecule has 5 aromatic heterocycles. The van der Waals surface area contributed by atoms with E-state index in [9.17, 15) is 0 Å². The number of aromatic nitrogens is 10. The standard InChI is InChI=1S/C18H15N2O.C18H17N2Si.2C17H13N2O.C16H11N2O.Ir/c1-11-12(2)20-14-7-3-4-8-15(14)21-16-9-5-6-13-10-19(11)18(20)17(13)16;1-21(2)16-8-4-3-7-14(16)15-10-11-19-12-13-6-5-9-17(21)18(13)20(15)19;1-18-10-13-12-6-2-3-7-14(12)20-15-8-4-5-11-9-16(18)19(13)17(11)15;1-11-12(2)19-14-8-4-6-10-16(14)20-15-9-5-3-7-13(15)17(19)18-11;1-2-6-14-12(5-1)13-8-9-17-10-11-4-3-7-15(19-14)16(11)18(13)17;/h3-9H,10H2,1-2H3;3-11H,12H2,1-2H3;2-8,10H,9H2,1H3;3-6,8-10H,1-2H3;1-9H,10H2;/q3*+1;-1;+1;.